The number of carbonyl (C=O) groups excluding carboxylic acids is 1. The van der Waals surface area contributed by atoms with Crippen LogP contribution in [0.25, 0.3) is 0 Å². The van der Waals surface area contributed by atoms with Crippen LogP contribution >= 0.6 is 0 Å². The molecule has 5 aromatic rings. The number of esters is 1. The van der Waals surface area contributed by atoms with E-state index in [2.05, 4.69) is 0 Å². The van der Waals surface area contributed by atoms with Crippen LogP contribution in [0.5, 0.6) is 11.5 Å². The number of hydrogen-bond acceptors (Lipinski definition) is 5. The molecule has 1 atom stereocenters. The molecule has 8 heteroatoms. The summed E-state index contributed by atoms with van der Waals surface area (Å²) in [4.78, 5) is 17.3. The Morgan fingerprint density at radius 1 is 0.682 bits per heavy atom. The van der Waals surface area contributed by atoms with Crippen LogP contribution in [0.4, 0.5) is 30.2 Å². The highest BCUT2D eigenvalue weighted by Crippen LogP contribution is 2.57. The number of benzene rings is 5. The second kappa shape index (κ2) is 10.2. The van der Waals surface area contributed by atoms with Gasteiger partial charge in [-0.15, -0.1) is 0 Å². The third-order valence-electron chi connectivity index (χ3n) is 8.20. The second-order valence-corrected chi connectivity index (χ2v) is 11.1. The van der Waals surface area contributed by atoms with Gasteiger partial charge in [0.1, 0.15) is 11.5 Å². The molecule has 7 rings (SSSR count). The molecule has 44 heavy (non-hydrogen) atoms. The van der Waals surface area contributed by atoms with Crippen LogP contribution in [0.2, 0.25) is 0 Å². The maximum atomic E-state index is 13.4. The lowest BCUT2D eigenvalue weighted by molar-refractivity contribution is -0.137. The van der Waals surface area contributed by atoms with Gasteiger partial charge in [0.05, 0.1) is 11.1 Å². The lowest BCUT2D eigenvalue weighted by Crippen LogP contribution is -2.33. The quantitative estimate of drug-likeness (QED) is 0.191. The number of fused-ring (bicyclic) bond motifs is 6. The number of ether oxygens (including phenoxy) is 2. The molecule has 0 saturated heterocycles. The molecule has 1 unspecified atom stereocenters. The molecule has 2 heterocycles. The van der Waals surface area contributed by atoms with E-state index in [1.165, 1.54) is 12.1 Å². The van der Waals surface area contributed by atoms with Crippen LogP contribution in [0.3, 0.4) is 0 Å². The van der Waals surface area contributed by atoms with E-state index in [0.29, 0.717) is 51.7 Å². The molecule has 0 radical (unpaired) electrons. The molecule has 0 N–H and O–H groups in total. The highest BCUT2D eigenvalue weighted by atomic mass is 19.4. The van der Waals surface area contributed by atoms with Gasteiger partial charge in [0.15, 0.2) is 5.60 Å². The highest BCUT2D eigenvalue weighted by Gasteiger charge is 2.53. The molecule has 5 aromatic carbocycles. The summed E-state index contributed by atoms with van der Waals surface area (Å²) in [6.45, 7) is 0.387. The summed E-state index contributed by atoms with van der Waals surface area (Å²) in [5.74, 6) is 0.656. The zero-order valence-electron chi connectivity index (χ0n) is 23.9. The molecule has 0 bridgehead atoms. The molecule has 0 fully saturated rings. The standard InChI is InChI=1S/C36H27F3N2O3/c1-40(2)26-16-18-30-33(21-26)43-32-19-17-27(20-31(32)35(30)29-11-7-6-10-28(29)34(42)44-35)41(22-23-8-4-3-5-9-23)25-14-12-24(13-15-25)36(37,38)39/h3-21H,22H2,1-2H3. The van der Waals surface area contributed by atoms with Gasteiger partial charge in [-0.2, -0.15) is 13.2 Å². The second-order valence-electron chi connectivity index (χ2n) is 11.1. The van der Waals surface area contributed by atoms with Crippen molar-refractivity contribution in [2.24, 2.45) is 0 Å². The van der Waals surface area contributed by atoms with Crippen LogP contribution in [-0.4, -0.2) is 20.1 Å². The Kier molecular flexibility index (Phi) is 6.39. The summed E-state index contributed by atoms with van der Waals surface area (Å²) in [5.41, 5.74) is 3.66. The van der Waals surface area contributed by atoms with Crippen molar-refractivity contribution in [3.05, 3.63) is 149 Å². The molecule has 0 aliphatic carbocycles. The number of carbonyl (C=O) groups is 1. The van der Waals surface area contributed by atoms with Gasteiger partial charge in [-0.1, -0.05) is 48.5 Å². The fourth-order valence-electron chi connectivity index (χ4n) is 6.02. The zero-order valence-corrected chi connectivity index (χ0v) is 23.9. The normalized spacial score (nSPS) is 16.4. The Balaban J connectivity index is 1.42. The molecule has 5 nitrogen and oxygen atoms in total. The van der Waals surface area contributed by atoms with Crippen molar-refractivity contribution in [3.63, 3.8) is 0 Å². The van der Waals surface area contributed by atoms with E-state index >= 15 is 0 Å². The van der Waals surface area contributed by atoms with Crippen LogP contribution < -0.4 is 14.5 Å². The Hall–Kier alpha value is -5.24. The molecular weight excluding hydrogens is 565 g/mol. The van der Waals surface area contributed by atoms with Crippen molar-refractivity contribution in [1.29, 1.82) is 0 Å². The lowest BCUT2D eigenvalue weighted by Gasteiger charge is -2.38. The zero-order chi connectivity index (χ0) is 30.6. The van der Waals surface area contributed by atoms with Gasteiger partial charge in [-0.05, 0) is 66.2 Å². The fourth-order valence-corrected chi connectivity index (χ4v) is 6.02. The first-order valence-corrected chi connectivity index (χ1v) is 14.1. The number of rotatable bonds is 5. The summed E-state index contributed by atoms with van der Waals surface area (Å²) in [7, 11) is 3.88. The number of hydrogen-bond donors (Lipinski definition) is 0. The van der Waals surface area contributed by atoms with Crippen molar-refractivity contribution in [1.82, 2.24) is 0 Å². The monoisotopic (exact) mass is 592 g/mol. The van der Waals surface area contributed by atoms with Crippen molar-refractivity contribution < 1.29 is 27.4 Å². The van der Waals surface area contributed by atoms with Gasteiger partial charge >= 0.3 is 12.1 Å². The van der Waals surface area contributed by atoms with Gasteiger partial charge in [-0.25, -0.2) is 4.79 Å². The predicted molar refractivity (Wildman–Crippen MR) is 163 cm³/mol. The summed E-state index contributed by atoms with van der Waals surface area (Å²) < 4.78 is 53.1. The van der Waals surface area contributed by atoms with Crippen molar-refractivity contribution in [2.45, 2.75) is 18.3 Å². The number of anilines is 3. The molecule has 0 amide bonds. The van der Waals surface area contributed by atoms with E-state index in [9.17, 15) is 18.0 Å². The van der Waals surface area contributed by atoms with Gasteiger partial charge in [-0.3, -0.25) is 0 Å². The summed E-state index contributed by atoms with van der Waals surface area (Å²) >= 11 is 0. The maximum Gasteiger partial charge on any atom is 0.416 e. The molecule has 2 aliphatic rings. The topological polar surface area (TPSA) is 42.0 Å². The van der Waals surface area contributed by atoms with Crippen molar-refractivity contribution >= 4 is 23.0 Å². The van der Waals surface area contributed by atoms with Crippen molar-refractivity contribution in [2.75, 3.05) is 23.9 Å². The maximum absolute atomic E-state index is 13.4. The Morgan fingerprint density at radius 2 is 1.36 bits per heavy atom. The minimum absolute atomic E-state index is 0.387. The molecule has 2 aliphatic heterocycles. The summed E-state index contributed by atoms with van der Waals surface area (Å²) in [6.07, 6.45) is -4.45. The summed E-state index contributed by atoms with van der Waals surface area (Å²) in [5, 5.41) is 0. The number of alkyl halides is 3. The average molecular weight is 593 g/mol. The third-order valence-corrected chi connectivity index (χ3v) is 8.20. The van der Waals surface area contributed by atoms with E-state index in [1.807, 2.05) is 103 Å². The highest BCUT2D eigenvalue weighted by molar-refractivity contribution is 5.97. The van der Waals surface area contributed by atoms with Gasteiger partial charge in [0.2, 0.25) is 0 Å². The Bertz CT molecular complexity index is 1890. The first kappa shape index (κ1) is 27.6. The Labute approximate surface area is 252 Å². The van der Waals surface area contributed by atoms with E-state index in [1.54, 1.807) is 12.1 Å². The van der Waals surface area contributed by atoms with Crippen LogP contribution in [0.15, 0.2) is 115 Å². The average Bonchev–Trinajstić information content (AvgIpc) is 3.32. The van der Waals surface area contributed by atoms with Crippen LogP contribution in [0, 0.1) is 0 Å². The molecule has 0 aromatic heterocycles. The minimum atomic E-state index is -4.45. The van der Waals surface area contributed by atoms with Crippen molar-refractivity contribution in [3.8, 4) is 11.5 Å². The fraction of sp³-hybridized carbons (Fsp3) is 0.139. The van der Waals surface area contributed by atoms with Crippen LogP contribution in [0.1, 0.15) is 38.2 Å². The number of nitrogens with zero attached hydrogens (tertiary/aromatic N) is 2. The summed E-state index contributed by atoms with van der Waals surface area (Å²) in [6, 6.07) is 33.5. The minimum Gasteiger partial charge on any atom is -0.456 e. The first-order valence-electron chi connectivity index (χ1n) is 14.1. The van der Waals surface area contributed by atoms with E-state index in [0.717, 1.165) is 23.4 Å². The van der Waals surface area contributed by atoms with Gasteiger partial charge in [0.25, 0.3) is 0 Å². The van der Waals surface area contributed by atoms with E-state index < -0.39 is 23.3 Å². The molecule has 1 spiro atoms. The van der Waals surface area contributed by atoms with Gasteiger partial charge < -0.3 is 19.3 Å². The first-order chi connectivity index (χ1) is 21.1. The molecular formula is C36H27F3N2O3. The predicted octanol–water partition coefficient (Wildman–Crippen LogP) is 8.68. The molecule has 220 valence electrons. The smallest absolute Gasteiger partial charge is 0.416 e. The Morgan fingerprint density at radius 3 is 2.09 bits per heavy atom. The largest absolute Gasteiger partial charge is 0.456 e. The SMILES string of the molecule is CN(C)c1ccc2c(c1)Oc1ccc(N(Cc3ccccc3)c3ccc(C(F)(F)F)cc3)cc1C21OC(=O)c2ccccc21. The molecule has 0 saturated carbocycles. The lowest BCUT2D eigenvalue weighted by atomic mass is 9.77. The van der Waals surface area contributed by atoms with Crippen LogP contribution in [-0.2, 0) is 23.1 Å². The van der Waals surface area contributed by atoms with Gasteiger partial charge in [0, 0.05) is 60.5 Å². The number of halogens is 3. The third kappa shape index (κ3) is 4.45. The van der Waals surface area contributed by atoms with E-state index in [-0.39, 0.29) is 0 Å². The van der Waals surface area contributed by atoms with E-state index in [4.69, 9.17) is 9.47 Å².